The Morgan fingerprint density at radius 1 is 0.812 bits per heavy atom. The molecule has 3 rings (SSSR count). The number of rotatable bonds is 9. The van der Waals surface area contributed by atoms with Crippen molar-refractivity contribution < 1.29 is 33.3 Å². The van der Waals surface area contributed by atoms with E-state index in [0.717, 1.165) is 11.1 Å². The molecular weight excluding hydrogens is 480 g/mol. The van der Waals surface area contributed by atoms with Gasteiger partial charge in [-0.25, -0.2) is 0 Å². The molecule has 0 aromatic heterocycles. The van der Waals surface area contributed by atoms with E-state index < -0.39 is 41.4 Å². The van der Waals surface area contributed by atoms with Gasteiger partial charge in [-0.1, -0.05) is 76.6 Å². The minimum absolute atomic E-state index is 0.137. The molecule has 1 aliphatic heterocycles. The lowest BCUT2D eigenvalue weighted by atomic mass is 9.99. The Balaban J connectivity index is 1.73. The molecule has 0 aliphatic carbocycles. The summed E-state index contributed by atoms with van der Waals surface area (Å²) in [4.78, 5) is 23.7. The van der Waals surface area contributed by atoms with E-state index in [2.05, 4.69) is 15.9 Å². The van der Waals surface area contributed by atoms with Crippen LogP contribution in [0.25, 0.3) is 0 Å². The van der Waals surface area contributed by atoms with Crippen molar-refractivity contribution in [3.8, 4) is 0 Å². The highest BCUT2D eigenvalue weighted by Crippen LogP contribution is 2.32. The Kier molecular flexibility index (Phi) is 9.23. The summed E-state index contributed by atoms with van der Waals surface area (Å²) in [6, 6.07) is 19.3. The zero-order valence-electron chi connectivity index (χ0n) is 18.0. The fourth-order valence-electron chi connectivity index (χ4n) is 3.47. The lowest BCUT2D eigenvalue weighted by molar-refractivity contribution is -0.241. The molecule has 8 heteroatoms. The maximum Gasteiger partial charge on any atom is 0.303 e. The topological polar surface area (TPSA) is 80.3 Å². The van der Waals surface area contributed by atoms with Crippen LogP contribution >= 0.6 is 15.9 Å². The lowest BCUT2D eigenvalue weighted by Crippen LogP contribution is -2.60. The highest BCUT2D eigenvalue weighted by Gasteiger charge is 2.50. The largest absolute Gasteiger partial charge is 0.456 e. The first kappa shape index (κ1) is 24.4. The van der Waals surface area contributed by atoms with Gasteiger partial charge in [0.25, 0.3) is 0 Å². The molecule has 1 aliphatic rings. The predicted octanol–water partition coefficient (Wildman–Crippen LogP) is 3.77. The molecule has 7 nitrogen and oxygen atoms in total. The summed E-state index contributed by atoms with van der Waals surface area (Å²) in [5.41, 5.74) is 1.95. The fourth-order valence-corrected chi connectivity index (χ4v) is 4.20. The van der Waals surface area contributed by atoms with Gasteiger partial charge in [-0.15, -0.1) is 0 Å². The van der Waals surface area contributed by atoms with E-state index in [4.69, 9.17) is 23.7 Å². The standard InChI is InChI=1S/C24H27BrO7/c1-16(26)30-21-20(15-28-13-18-9-5-3-6-10-18)32-24(25)23(22(21)31-17(2)27)29-14-19-11-7-4-8-12-19/h3-12,20-24H,13-15H2,1-2H3/t20-,21+,22+,23-,24+/m1/s1. The van der Waals surface area contributed by atoms with Gasteiger partial charge in [0.1, 0.15) is 17.2 Å². The Bertz CT molecular complexity index is 861. The zero-order valence-corrected chi connectivity index (χ0v) is 19.6. The Hall–Kier alpha value is -2.26. The van der Waals surface area contributed by atoms with Crippen LogP contribution in [-0.4, -0.2) is 48.0 Å². The molecule has 2 aromatic rings. The summed E-state index contributed by atoms with van der Waals surface area (Å²) < 4.78 is 29.0. The van der Waals surface area contributed by atoms with Gasteiger partial charge < -0.3 is 23.7 Å². The molecular formula is C24H27BrO7. The molecule has 1 fully saturated rings. The van der Waals surface area contributed by atoms with Gasteiger partial charge in [-0.2, -0.15) is 0 Å². The molecule has 0 spiro atoms. The number of benzene rings is 2. The first-order chi connectivity index (χ1) is 15.4. The number of ether oxygens (including phenoxy) is 5. The van der Waals surface area contributed by atoms with Crippen LogP contribution in [-0.2, 0) is 46.5 Å². The van der Waals surface area contributed by atoms with E-state index in [1.807, 2.05) is 60.7 Å². The predicted molar refractivity (Wildman–Crippen MR) is 120 cm³/mol. The van der Waals surface area contributed by atoms with E-state index in [-0.39, 0.29) is 13.2 Å². The lowest BCUT2D eigenvalue weighted by Gasteiger charge is -2.43. The van der Waals surface area contributed by atoms with Crippen LogP contribution in [0.2, 0.25) is 0 Å². The van der Waals surface area contributed by atoms with Crippen LogP contribution in [0.1, 0.15) is 25.0 Å². The second-order valence-electron chi connectivity index (χ2n) is 7.44. The summed E-state index contributed by atoms with van der Waals surface area (Å²) in [5.74, 6) is -1.02. The van der Waals surface area contributed by atoms with Crippen LogP contribution < -0.4 is 0 Å². The first-order valence-corrected chi connectivity index (χ1v) is 11.3. The van der Waals surface area contributed by atoms with Crippen molar-refractivity contribution in [2.75, 3.05) is 6.61 Å². The molecule has 0 amide bonds. The van der Waals surface area contributed by atoms with Crippen LogP contribution in [0.15, 0.2) is 60.7 Å². The number of hydrogen-bond acceptors (Lipinski definition) is 7. The van der Waals surface area contributed by atoms with Crippen LogP contribution in [0.4, 0.5) is 0 Å². The number of alkyl halides is 1. The molecule has 1 heterocycles. The Morgan fingerprint density at radius 2 is 1.34 bits per heavy atom. The number of halogens is 1. The van der Waals surface area contributed by atoms with Crippen LogP contribution in [0.3, 0.4) is 0 Å². The maximum absolute atomic E-state index is 11.9. The average Bonchev–Trinajstić information content (AvgIpc) is 2.76. The van der Waals surface area contributed by atoms with Crippen molar-refractivity contribution in [3.05, 3.63) is 71.8 Å². The van der Waals surface area contributed by atoms with Gasteiger partial charge in [-0.3, -0.25) is 9.59 Å². The minimum atomic E-state index is -0.887. The average molecular weight is 507 g/mol. The van der Waals surface area contributed by atoms with Crippen molar-refractivity contribution in [1.29, 1.82) is 0 Å². The molecule has 0 radical (unpaired) electrons. The van der Waals surface area contributed by atoms with Crippen molar-refractivity contribution in [2.45, 2.75) is 56.5 Å². The van der Waals surface area contributed by atoms with E-state index in [1.165, 1.54) is 13.8 Å². The smallest absolute Gasteiger partial charge is 0.303 e. The molecule has 0 saturated carbocycles. The molecule has 5 atom stereocenters. The van der Waals surface area contributed by atoms with Gasteiger partial charge in [0.15, 0.2) is 12.2 Å². The third kappa shape index (κ3) is 7.13. The van der Waals surface area contributed by atoms with E-state index >= 15 is 0 Å². The monoisotopic (exact) mass is 506 g/mol. The maximum atomic E-state index is 11.9. The molecule has 1 saturated heterocycles. The highest BCUT2D eigenvalue weighted by atomic mass is 79.9. The molecule has 0 unspecified atom stereocenters. The molecule has 172 valence electrons. The van der Waals surface area contributed by atoms with E-state index in [9.17, 15) is 9.59 Å². The normalized spacial score (nSPS) is 25.2. The van der Waals surface area contributed by atoms with Crippen molar-refractivity contribution in [3.63, 3.8) is 0 Å². The molecule has 0 N–H and O–H groups in total. The Labute approximate surface area is 196 Å². The first-order valence-electron chi connectivity index (χ1n) is 10.3. The van der Waals surface area contributed by atoms with Crippen LogP contribution in [0, 0.1) is 0 Å². The third-order valence-corrected chi connectivity index (χ3v) is 5.60. The van der Waals surface area contributed by atoms with Gasteiger partial charge in [-0.05, 0) is 11.1 Å². The van der Waals surface area contributed by atoms with Crippen molar-refractivity contribution in [1.82, 2.24) is 0 Å². The number of hydrogen-bond donors (Lipinski definition) is 0. The number of esters is 2. The summed E-state index contributed by atoms with van der Waals surface area (Å²) in [6.07, 6.45) is -3.12. The second-order valence-corrected chi connectivity index (χ2v) is 8.34. The molecule has 2 aromatic carbocycles. The van der Waals surface area contributed by atoms with Crippen molar-refractivity contribution >= 4 is 27.9 Å². The highest BCUT2D eigenvalue weighted by molar-refractivity contribution is 9.09. The van der Waals surface area contributed by atoms with Gasteiger partial charge in [0.2, 0.25) is 0 Å². The second kappa shape index (κ2) is 12.1. The molecule has 0 bridgehead atoms. The van der Waals surface area contributed by atoms with Crippen LogP contribution in [0.5, 0.6) is 0 Å². The van der Waals surface area contributed by atoms with Gasteiger partial charge in [0.05, 0.1) is 19.8 Å². The fraction of sp³-hybridized carbons (Fsp3) is 0.417. The van der Waals surface area contributed by atoms with Crippen molar-refractivity contribution in [2.24, 2.45) is 0 Å². The third-order valence-electron chi connectivity index (χ3n) is 4.86. The van der Waals surface area contributed by atoms with E-state index in [1.54, 1.807) is 0 Å². The summed E-state index contributed by atoms with van der Waals surface area (Å²) >= 11 is 3.50. The summed E-state index contributed by atoms with van der Waals surface area (Å²) in [7, 11) is 0. The van der Waals surface area contributed by atoms with Gasteiger partial charge in [0, 0.05) is 13.8 Å². The quantitative estimate of drug-likeness (QED) is 0.378. The SMILES string of the molecule is CC(=O)O[C@@H]1[C@@H](OCc2ccccc2)[C@@H](Br)O[C@H](COCc2ccccc2)[C@@H]1OC(C)=O. The summed E-state index contributed by atoms with van der Waals surface area (Å²) in [6.45, 7) is 3.38. The number of carbonyl (C=O) groups is 2. The minimum Gasteiger partial charge on any atom is -0.456 e. The zero-order chi connectivity index (χ0) is 22.9. The van der Waals surface area contributed by atoms with Gasteiger partial charge >= 0.3 is 11.9 Å². The number of carbonyl (C=O) groups excluding carboxylic acids is 2. The Morgan fingerprint density at radius 3 is 1.91 bits per heavy atom. The molecule has 32 heavy (non-hydrogen) atoms. The van der Waals surface area contributed by atoms with E-state index in [0.29, 0.717) is 6.61 Å². The summed E-state index contributed by atoms with van der Waals surface area (Å²) in [5, 5.41) is -0.604.